The zero-order chi connectivity index (χ0) is 27.1. The zero-order valence-corrected chi connectivity index (χ0v) is 21.8. The van der Waals surface area contributed by atoms with E-state index in [2.05, 4.69) is 16.4 Å². The lowest BCUT2D eigenvalue weighted by Gasteiger charge is -2.16. The third-order valence-electron chi connectivity index (χ3n) is 5.89. The lowest BCUT2D eigenvalue weighted by molar-refractivity contribution is -0.385. The summed E-state index contributed by atoms with van der Waals surface area (Å²) in [5.41, 5.74) is 1.41. The van der Waals surface area contributed by atoms with Crippen molar-refractivity contribution in [3.05, 3.63) is 81.5 Å². The fourth-order valence-corrected chi connectivity index (χ4v) is 4.17. The van der Waals surface area contributed by atoms with E-state index >= 15 is 0 Å². The first-order valence-corrected chi connectivity index (χ1v) is 12.5. The van der Waals surface area contributed by atoms with Crippen LogP contribution in [0.5, 0.6) is 11.5 Å². The number of rotatable bonds is 10. The van der Waals surface area contributed by atoms with Gasteiger partial charge in [0.05, 0.1) is 46.5 Å². The molecule has 2 atom stereocenters. The fourth-order valence-electron chi connectivity index (χ4n) is 3.93. The van der Waals surface area contributed by atoms with Crippen LogP contribution in [-0.4, -0.2) is 35.8 Å². The van der Waals surface area contributed by atoms with E-state index in [-0.39, 0.29) is 29.0 Å². The Hall–Kier alpha value is -4.13. The molecule has 0 amide bonds. The number of pyridine rings is 1. The molecule has 2 unspecified atom stereocenters. The highest BCUT2D eigenvalue weighted by atomic mass is 35.5. The summed E-state index contributed by atoms with van der Waals surface area (Å²) in [5, 5.41) is 25.6. The normalized spacial score (nSPS) is 16.1. The summed E-state index contributed by atoms with van der Waals surface area (Å²) in [7, 11) is 0. The predicted molar refractivity (Wildman–Crippen MR) is 146 cm³/mol. The Morgan fingerprint density at radius 3 is 2.87 bits per heavy atom. The molecule has 1 saturated heterocycles. The van der Waals surface area contributed by atoms with Gasteiger partial charge < -0.3 is 19.5 Å². The van der Waals surface area contributed by atoms with Crippen molar-refractivity contribution in [2.45, 2.75) is 26.4 Å². The Bertz CT molecular complexity index is 1430. The summed E-state index contributed by atoms with van der Waals surface area (Å²) >= 11 is 6.48. The van der Waals surface area contributed by atoms with Crippen LogP contribution >= 0.6 is 11.6 Å². The van der Waals surface area contributed by atoms with Gasteiger partial charge in [0.15, 0.2) is 5.75 Å². The van der Waals surface area contributed by atoms with E-state index < -0.39 is 4.92 Å². The molecule has 0 saturated carbocycles. The van der Waals surface area contributed by atoms with E-state index in [1.807, 2.05) is 38.2 Å². The second kappa shape index (κ2) is 12.4. The largest absolute Gasteiger partial charge is 0.491 e. The molecule has 2 heterocycles. The molecule has 38 heavy (non-hydrogen) atoms. The molecule has 1 fully saturated rings. The SMILES string of the molecule is C/C=C\C=C/C(C)COc1ccc(Nc2c(C#N)cnc3cc(OC4CCOC4)c([N+](=O)[O-])cc23)cc1Cl. The molecule has 2 aromatic carbocycles. The van der Waals surface area contributed by atoms with Crippen molar-refractivity contribution in [2.24, 2.45) is 5.92 Å². The van der Waals surface area contributed by atoms with Crippen molar-refractivity contribution in [3.8, 4) is 17.6 Å². The first kappa shape index (κ1) is 26.9. The minimum Gasteiger partial charge on any atom is -0.491 e. The van der Waals surface area contributed by atoms with E-state index in [0.717, 1.165) is 0 Å². The maximum Gasteiger partial charge on any atom is 0.311 e. The summed E-state index contributed by atoms with van der Waals surface area (Å²) in [5.74, 6) is 0.824. The third-order valence-corrected chi connectivity index (χ3v) is 6.19. The molecule has 0 aliphatic carbocycles. The average Bonchev–Trinajstić information content (AvgIpc) is 3.41. The van der Waals surface area contributed by atoms with E-state index in [9.17, 15) is 15.4 Å². The summed E-state index contributed by atoms with van der Waals surface area (Å²) in [6.45, 7) is 5.36. The molecule has 10 heteroatoms. The van der Waals surface area contributed by atoms with Crippen LogP contribution in [0.4, 0.5) is 17.1 Å². The summed E-state index contributed by atoms with van der Waals surface area (Å²) in [6, 6.07) is 10.2. The topological polar surface area (TPSA) is 120 Å². The highest BCUT2D eigenvalue weighted by Gasteiger charge is 2.25. The number of nitro groups is 1. The number of nitrogens with one attached hydrogen (secondary N) is 1. The minimum atomic E-state index is -0.509. The number of halogens is 1. The first-order valence-electron chi connectivity index (χ1n) is 12.1. The molecule has 0 radical (unpaired) electrons. The van der Waals surface area contributed by atoms with Gasteiger partial charge in [0.25, 0.3) is 0 Å². The van der Waals surface area contributed by atoms with E-state index in [0.29, 0.717) is 59.3 Å². The Labute approximate surface area is 225 Å². The van der Waals surface area contributed by atoms with Gasteiger partial charge in [-0.2, -0.15) is 5.26 Å². The maximum absolute atomic E-state index is 11.9. The van der Waals surface area contributed by atoms with Gasteiger partial charge in [0.1, 0.15) is 17.9 Å². The first-order chi connectivity index (χ1) is 18.4. The number of benzene rings is 2. The van der Waals surface area contributed by atoms with Crippen LogP contribution < -0.4 is 14.8 Å². The van der Waals surface area contributed by atoms with Gasteiger partial charge in [-0.25, -0.2) is 0 Å². The monoisotopic (exact) mass is 534 g/mol. The van der Waals surface area contributed by atoms with E-state index in [1.165, 1.54) is 18.3 Å². The summed E-state index contributed by atoms with van der Waals surface area (Å²) in [6.07, 6.45) is 9.71. The lowest BCUT2D eigenvalue weighted by atomic mass is 10.1. The van der Waals surface area contributed by atoms with E-state index in [4.69, 9.17) is 25.8 Å². The number of anilines is 2. The van der Waals surface area contributed by atoms with Gasteiger partial charge in [-0.3, -0.25) is 15.1 Å². The Kier molecular flexibility index (Phi) is 8.79. The van der Waals surface area contributed by atoms with Gasteiger partial charge in [0.2, 0.25) is 0 Å². The standard InChI is InChI=1S/C28H27ClN4O5/c1-3-4-5-6-18(2)16-37-26-8-7-20(11-23(26)29)32-28-19(14-30)15-31-24-13-27(38-21-9-10-36-17-21)25(33(34)35)12-22(24)28/h3-8,11-13,15,18,21H,9-10,16-17H2,1-2H3,(H,31,32)/b4-3-,6-5-. The summed E-state index contributed by atoms with van der Waals surface area (Å²) < 4.78 is 17.0. The number of allylic oxidation sites excluding steroid dienone is 3. The molecule has 1 N–H and O–H groups in total. The number of hydrogen-bond donors (Lipinski definition) is 1. The highest BCUT2D eigenvalue weighted by Crippen LogP contribution is 2.38. The number of fused-ring (bicyclic) bond motifs is 1. The van der Waals surface area contributed by atoms with Crippen molar-refractivity contribution < 1.29 is 19.1 Å². The van der Waals surface area contributed by atoms with Gasteiger partial charge in [0, 0.05) is 41.7 Å². The quantitative estimate of drug-likeness (QED) is 0.173. The summed E-state index contributed by atoms with van der Waals surface area (Å²) in [4.78, 5) is 15.7. The molecule has 0 bridgehead atoms. The number of aromatic nitrogens is 1. The third kappa shape index (κ3) is 6.40. The second-order valence-electron chi connectivity index (χ2n) is 8.83. The Balaban J connectivity index is 1.62. The van der Waals surface area contributed by atoms with Crippen molar-refractivity contribution >= 4 is 39.6 Å². The van der Waals surface area contributed by atoms with Gasteiger partial charge >= 0.3 is 5.69 Å². The number of nitro benzene ring substituents is 1. The van der Waals surface area contributed by atoms with Crippen LogP contribution in [0.3, 0.4) is 0 Å². The molecular formula is C28H27ClN4O5. The van der Waals surface area contributed by atoms with Crippen LogP contribution in [0.15, 0.2) is 60.8 Å². The molecule has 196 valence electrons. The number of hydrogen-bond acceptors (Lipinski definition) is 8. The Morgan fingerprint density at radius 1 is 1.34 bits per heavy atom. The van der Waals surface area contributed by atoms with Crippen LogP contribution in [-0.2, 0) is 4.74 Å². The number of nitriles is 1. The van der Waals surface area contributed by atoms with Crippen molar-refractivity contribution in [1.82, 2.24) is 4.98 Å². The highest BCUT2D eigenvalue weighted by molar-refractivity contribution is 6.32. The van der Waals surface area contributed by atoms with Gasteiger partial charge in [-0.1, -0.05) is 42.8 Å². The Morgan fingerprint density at radius 2 is 2.18 bits per heavy atom. The molecular weight excluding hydrogens is 508 g/mol. The average molecular weight is 535 g/mol. The smallest absolute Gasteiger partial charge is 0.311 e. The van der Waals surface area contributed by atoms with Crippen molar-refractivity contribution in [1.29, 1.82) is 5.26 Å². The predicted octanol–water partition coefficient (Wildman–Crippen LogP) is 6.73. The van der Waals surface area contributed by atoms with Crippen LogP contribution in [0.25, 0.3) is 10.9 Å². The van der Waals surface area contributed by atoms with Crippen molar-refractivity contribution in [3.63, 3.8) is 0 Å². The fraction of sp³-hybridized carbons (Fsp3) is 0.286. The minimum absolute atomic E-state index is 0.112. The maximum atomic E-state index is 11.9. The van der Waals surface area contributed by atoms with Crippen LogP contribution in [0.2, 0.25) is 5.02 Å². The molecule has 0 spiro atoms. The van der Waals surface area contributed by atoms with Gasteiger partial charge in [-0.05, 0) is 25.1 Å². The van der Waals surface area contributed by atoms with Crippen molar-refractivity contribution in [2.75, 3.05) is 25.1 Å². The molecule has 1 aromatic heterocycles. The molecule has 3 aromatic rings. The zero-order valence-electron chi connectivity index (χ0n) is 21.0. The van der Waals surface area contributed by atoms with E-state index in [1.54, 1.807) is 18.2 Å². The van der Waals surface area contributed by atoms with Crippen LogP contribution in [0, 0.1) is 27.4 Å². The molecule has 9 nitrogen and oxygen atoms in total. The molecule has 1 aliphatic rings. The number of ether oxygens (including phenoxy) is 3. The number of nitrogens with zero attached hydrogens (tertiary/aromatic N) is 3. The molecule has 1 aliphatic heterocycles. The molecule has 4 rings (SSSR count). The van der Waals surface area contributed by atoms with Gasteiger partial charge in [-0.15, -0.1) is 0 Å². The van der Waals surface area contributed by atoms with Crippen LogP contribution in [0.1, 0.15) is 25.8 Å². The second-order valence-corrected chi connectivity index (χ2v) is 9.23. The lowest BCUT2D eigenvalue weighted by Crippen LogP contribution is -2.16.